The predicted molar refractivity (Wildman–Crippen MR) is 106 cm³/mol. The van der Waals surface area contributed by atoms with Crippen LogP contribution in [-0.2, 0) is 0 Å². The van der Waals surface area contributed by atoms with E-state index in [0.29, 0.717) is 16.9 Å². The first-order valence-corrected chi connectivity index (χ1v) is 9.15. The lowest BCUT2D eigenvalue weighted by atomic mass is 10.1. The second-order valence-electron chi connectivity index (χ2n) is 6.84. The van der Waals surface area contributed by atoms with Gasteiger partial charge in [0.1, 0.15) is 17.1 Å². The van der Waals surface area contributed by atoms with Crippen LogP contribution in [0, 0.1) is 17.0 Å². The molecule has 0 saturated carbocycles. The lowest BCUT2D eigenvalue weighted by Gasteiger charge is -2.20. The zero-order valence-corrected chi connectivity index (χ0v) is 15.4. The van der Waals surface area contributed by atoms with Crippen LogP contribution in [0.15, 0.2) is 48.5 Å². The molecule has 1 aliphatic heterocycles. The lowest BCUT2D eigenvalue weighted by Crippen LogP contribution is -2.23. The number of hydrogen-bond donors (Lipinski definition) is 0. The minimum Gasteiger partial charge on any atom is -0.423 e. The number of para-hydroxylation sites is 1. The van der Waals surface area contributed by atoms with Crippen LogP contribution >= 0.6 is 0 Å². The SMILES string of the molecule is Cc1cc(OC(=O)c2cc3ccccc3nc2N2CCCC2)ccc1[N+](=O)[O-]. The molecule has 2 heterocycles. The number of rotatable bonds is 4. The summed E-state index contributed by atoms with van der Waals surface area (Å²) in [5, 5.41) is 11.8. The van der Waals surface area contributed by atoms with E-state index in [0.717, 1.165) is 36.8 Å². The van der Waals surface area contributed by atoms with Crippen molar-refractivity contribution in [2.75, 3.05) is 18.0 Å². The summed E-state index contributed by atoms with van der Waals surface area (Å²) in [7, 11) is 0. The number of carbonyl (C=O) groups excluding carboxylic acids is 1. The molecule has 3 aromatic rings. The van der Waals surface area contributed by atoms with Crippen molar-refractivity contribution in [1.29, 1.82) is 0 Å². The Morgan fingerprint density at radius 2 is 1.89 bits per heavy atom. The fraction of sp³-hybridized carbons (Fsp3) is 0.238. The maximum absolute atomic E-state index is 12.9. The number of hydrogen-bond acceptors (Lipinski definition) is 6. The summed E-state index contributed by atoms with van der Waals surface area (Å²) in [5.74, 6) is 0.377. The van der Waals surface area contributed by atoms with Gasteiger partial charge in [-0.1, -0.05) is 18.2 Å². The highest BCUT2D eigenvalue weighted by Gasteiger charge is 2.24. The van der Waals surface area contributed by atoms with Crippen LogP contribution in [0.4, 0.5) is 11.5 Å². The number of ether oxygens (including phenoxy) is 1. The molecule has 1 saturated heterocycles. The van der Waals surface area contributed by atoms with Gasteiger partial charge in [0.2, 0.25) is 0 Å². The van der Waals surface area contributed by atoms with Gasteiger partial charge in [0.15, 0.2) is 0 Å². The van der Waals surface area contributed by atoms with Crippen LogP contribution in [-0.4, -0.2) is 29.0 Å². The van der Waals surface area contributed by atoms with E-state index in [1.807, 2.05) is 24.3 Å². The van der Waals surface area contributed by atoms with Crippen LogP contribution in [0.1, 0.15) is 28.8 Å². The standard InChI is InChI=1S/C21H19N3O4/c1-14-12-16(8-9-19(14)24(26)27)28-21(25)17-13-15-6-2-3-7-18(15)22-20(17)23-10-4-5-11-23/h2-3,6-9,12-13H,4-5,10-11H2,1H3. The molecule has 0 aliphatic carbocycles. The Hall–Kier alpha value is -3.48. The average Bonchev–Trinajstić information content (AvgIpc) is 3.21. The first-order valence-electron chi connectivity index (χ1n) is 9.15. The summed E-state index contributed by atoms with van der Waals surface area (Å²) in [4.78, 5) is 30.3. The largest absolute Gasteiger partial charge is 0.423 e. The molecule has 4 rings (SSSR count). The fourth-order valence-electron chi connectivity index (χ4n) is 3.48. The molecule has 28 heavy (non-hydrogen) atoms. The molecule has 0 amide bonds. The van der Waals surface area contributed by atoms with Crippen LogP contribution in [0.3, 0.4) is 0 Å². The Morgan fingerprint density at radius 1 is 1.14 bits per heavy atom. The molecule has 7 heteroatoms. The molecule has 1 fully saturated rings. The maximum Gasteiger partial charge on any atom is 0.347 e. The molecule has 1 aromatic heterocycles. The van der Waals surface area contributed by atoms with E-state index in [4.69, 9.17) is 9.72 Å². The summed E-state index contributed by atoms with van der Waals surface area (Å²) < 4.78 is 5.54. The smallest absolute Gasteiger partial charge is 0.347 e. The van der Waals surface area contributed by atoms with Gasteiger partial charge in [0.05, 0.1) is 10.4 Å². The molecule has 0 atom stereocenters. The molecular formula is C21H19N3O4. The maximum atomic E-state index is 12.9. The van der Waals surface area contributed by atoms with Gasteiger partial charge in [0, 0.05) is 30.1 Å². The van der Waals surface area contributed by atoms with Crippen LogP contribution in [0.5, 0.6) is 5.75 Å². The number of aryl methyl sites for hydroxylation is 1. The van der Waals surface area contributed by atoms with Gasteiger partial charge < -0.3 is 9.64 Å². The monoisotopic (exact) mass is 377 g/mol. The summed E-state index contributed by atoms with van der Waals surface area (Å²) in [6.07, 6.45) is 2.12. The number of nitro benzene ring substituents is 1. The number of anilines is 1. The van der Waals surface area contributed by atoms with Crippen LogP contribution in [0.25, 0.3) is 10.9 Å². The van der Waals surface area contributed by atoms with Gasteiger partial charge in [-0.3, -0.25) is 10.1 Å². The van der Waals surface area contributed by atoms with Gasteiger partial charge in [0.25, 0.3) is 5.69 Å². The van der Waals surface area contributed by atoms with Crippen LogP contribution < -0.4 is 9.64 Å². The summed E-state index contributed by atoms with van der Waals surface area (Å²) in [5.41, 5.74) is 1.65. The van der Waals surface area contributed by atoms with Crippen molar-refractivity contribution in [2.45, 2.75) is 19.8 Å². The topological polar surface area (TPSA) is 85.6 Å². The Labute approximate surface area is 161 Å². The van der Waals surface area contributed by atoms with Crippen LogP contribution in [0.2, 0.25) is 0 Å². The van der Waals surface area contributed by atoms with Crippen molar-refractivity contribution in [3.05, 3.63) is 69.8 Å². The van der Waals surface area contributed by atoms with Crippen molar-refractivity contribution in [1.82, 2.24) is 4.98 Å². The first-order chi connectivity index (χ1) is 13.5. The third-order valence-corrected chi connectivity index (χ3v) is 4.90. The highest BCUT2D eigenvalue weighted by Crippen LogP contribution is 2.29. The molecule has 7 nitrogen and oxygen atoms in total. The second kappa shape index (κ2) is 7.26. The number of nitrogens with zero attached hydrogens (tertiary/aromatic N) is 3. The molecule has 2 aromatic carbocycles. The molecule has 0 spiro atoms. The zero-order chi connectivity index (χ0) is 19.7. The number of nitro groups is 1. The summed E-state index contributed by atoms with van der Waals surface area (Å²) >= 11 is 0. The Morgan fingerprint density at radius 3 is 2.61 bits per heavy atom. The number of fused-ring (bicyclic) bond motifs is 1. The highest BCUT2D eigenvalue weighted by atomic mass is 16.6. The number of benzene rings is 2. The van der Waals surface area contributed by atoms with Crippen molar-refractivity contribution in [3.8, 4) is 5.75 Å². The zero-order valence-electron chi connectivity index (χ0n) is 15.4. The van der Waals surface area contributed by atoms with Crippen molar-refractivity contribution in [2.24, 2.45) is 0 Å². The molecule has 0 unspecified atom stereocenters. The Balaban J connectivity index is 1.70. The Kier molecular flexibility index (Phi) is 4.65. The van der Waals surface area contributed by atoms with Gasteiger partial charge in [-0.25, -0.2) is 9.78 Å². The predicted octanol–water partition coefficient (Wildman–Crippen LogP) is 4.27. The quantitative estimate of drug-likeness (QED) is 0.292. The molecule has 0 radical (unpaired) electrons. The summed E-state index contributed by atoms with van der Waals surface area (Å²) in [6, 6.07) is 13.7. The van der Waals surface area contributed by atoms with E-state index in [1.54, 1.807) is 13.0 Å². The highest BCUT2D eigenvalue weighted by molar-refractivity contribution is 6.00. The van der Waals surface area contributed by atoms with E-state index >= 15 is 0 Å². The van der Waals surface area contributed by atoms with Crippen molar-refractivity contribution < 1.29 is 14.5 Å². The normalized spacial score (nSPS) is 13.7. The minimum atomic E-state index is -0.520. The Bertz CT molecular complexity index is 1070. The van der Waals surface area contributed by atoms with E-state index in [2.05, 4.69) is 4.90 Å². The van der Waals surface area contributed by atoms with Crippen molar-refractivity contribution in [3.63, 3.8) is 0 Å². The molecule has 0 bridgehead atoms. The molecule has 0 N–H and O–H groups in total. The summed E-state index contributed by atoms with van der Waals surface area (Å²) in [6.45, 7) is 3.31. The van der Waals surface area contributed by atoms with Gasteiger partial charge in [-0.2, -0.15) is 0 Å². The van der Waals surface area contributed by atoms with Gasteiger partial charge in [-0.05, 0) is 44.0 Å². The van der Waals surface area contributed by atoms with E-state index < -0.39 is 10.9 Å². The fourth-order valence-corrected chi connectivity index (χ4v) is 3.48. The van der Waals surface area contributed by atoms with Gasteiger partial charge >= 0.3 is 5.97 Å². The number of carbonyl (C=O) groups is 1. The van der Waals surface area contributed by atoms with E-state index in [1.165, 1.54) is 18.2 Å². The number of pyridine rings is 1. The van der Waals surface area contributed by atoms with Gasteiger partial charge in [-0.15, -0.1) is 0 Å². The van der Waals surface area contributed by atoms with E-state index in [-0.39, 0.29) is 11.4 Å². The van der Waals surface area contributed by atoms with E-state index in [9.17, 15) is 14.9 Å². The minimum absolute atomic E-state index is 0.00933. The number of aromatic nitrogens is 1. The van der Waals surface area contributed by atoms with Crippen molar-refractivity contribution >= 4 is 28.4 Å². The first kappa shape index (κ1) is 17.9. The number of esters is 1. The average molecular weight is 377 g/mol. The molecule has 1 aliphatic rings. The molecular weight excluding hydrogens is 358 g/mol. The molecule has 142 valence electrons. The lowest BCUT2D eigenvalue weighted by molar-refractivity contribution is -0.385. The second-order valence-corrected chi connectivity index (χ2v) is 6.84. The third-order valence-electron chi connectivity index (χ3n) is 4.90. The third kappa shape index (κ3) is 3.38.